The predicted molar refractivity (Wildman–Crippen MR) is 57.9 cm³/mol. The molecule has 0 saturated carbocycles. The maximum Gasteiger partial charge on any atom is 0.211 e. The lowest BCUT2D eigenvalue weighted by atomic mass is 10.1. The maximum atomic E-state index is 5.79. The summed E-state index contributed by atoms with van der Waals surface area (Å²) in [7, 11) is 0.288. The van der Waals surface area contributed by atoms with Crippen LogP contribution in [0.4, 0.5) is 0 Å². The molecule has 0 heterocycles. The summed E-state index contributed by atoms with van der Waals surface area (Å²) in [5, 5.41) is 1.13. The quantitative estimate of drug-likeness (QED) is 0.510. The van der Waals surface area contributed by atoms with Crippen molar-refractivity contribution in [2.45, 2.75) is 0 Å². The van der Waals surface area contributed by atoms with Gasteiger partial charge in [-0.1, -0.05) is 43.5 Å². The Morgan fingerprint density at radius 2 is 2.00 bits per heavy atom. The molecule has 2 radical (unpaired) electrons. The lowest BCUT2D eigenvalue weighted by molar-refractivity contribution is 1.67. The Kier molecular flexibility index (Phi) is 3.32. The van der Waals surface area contributed by atoms with Gasteiger partial charge in [-0.3, -0.25) is 0 Å². The van der Waals surface area contributed by atoms with Crippen molar-refractivity contribution in [1.82, 2.24) is 0 Å². The monoisotopic (exact) mass is 192 g/mol. The molecule has 0 aliphatic rings. The van der Waals surface area contributed by atoms with Gasteiger partial charge >= 0.3 is 0 Å². The first-order valence-electron chi connectivity index (χ1n) is 3.58. The SMILES string of the molecule is C=Cc1cccc([Si]Cl)c1C=C. The van der Waals surface area contributed by atoms with E-state index in [0.717, 1.165) is 16.3 Å². The molecule has 0 fully saturated rings. The van der Waals surface area contributed by atoms with Gasteiger partial charge in [-0.05, 0) is 16.3 Å². The van der Waals surface area contributed by atoms with Gasteiger partial charge in [-0.15, -0.1) is 0 Å². The predicted octanol–water partition coefficient (Wildman–Crippen LogP) is 2.46. The molecule has 0 bridgehead atoms. The Balaban J connectivity index is 3.31. The van der Waals surface area contributed by atoms with Crippen molar-refractivity contribution in [2.24, 2.45) is 0 Å². The number of hydrogen-bond donors (Lipinski definition) is 0. The Hall–Kier alpha value is -0.793. The summed E-state index contributed by atoms with van der Waals surface area (Å²) in [4.78, 5) is 0. The van der Waals surface area contributed by atoms with Crippen molar-refractivity contribution in [3.63, 3.8) is 0 Å². The average molecular weight is 193 g/mol. The smallest absolute Gasteiger partial charge is 0.165 e. The van der Waals surface area contributed by atoms with E-state index in [9.17, 15) is 0 Å². The molecule has 1 rings (SSSR count). The minimum Gasteiger partial charge on any atom is -0.165 e. The molecular weight excluding hydrogens is 184 g/mol. The number of rotatable bonds is 3. The van der Waals surface area contributed by atoms with Crippen LogP contribution in [0, 0.1) is 0 Å². The topological polar surface area (TPSA) is 0 Å². The van der Waals surface area contributed by atoms with Gasteiger partial charge in [0.2, 0.25) is 8.83 Å². The fraction of sp³-hybridized carbons (Fsp3) is 0. The highest BCUT2D eigenvalue weighted by atomic mass is 35.6. The number of hydrogen-bond acceptors (Lipinski definition) is 0. The molecule has 0 aliphatic heterocycles. The molecular formula is C10H9ClSi. The van der Waals surface area contributed by atoms with E-state index in [2.05, 4.69) is 13.2 Å². The first kappa shape index (κ1) is 9.30. The van der Waals surface area contributed by atoms with Crippen LogP contribution in [0.5, 0.6) is 0 Å². The van der Waals surface area contributed by atoms with E-state index >= 15 is 0 Å². The summed E-state index contributed by atoms with van der Waals surface area (Å²) < 4.78 is 0. The van der Waals surface area contributed by atoms with Crippen molar-refractivity contribution in [3.05, 3.63) is 42.5 Å². The zero-order chi connectivity index (χ0) is 8.97. The van der Waals surface area contributed by atoms with Gasteiger partial charge in [0.1, 0.15) is 0 Å². The van der Waals surface area contributed by atoms with Crippen LogP contribution in [0.2, 0.25) is 0 Å². The molecule has 0 atom stereocenters. The molecule has 0 N–H and O–H groups in total. The molecule has 0 aliphatic carbocycles. The van der Waals surface area contributed by atoms with Crippen LogP contribution in [0.15, 0.2) is 31.4 Å². The molecule has 2 heteroatoms. The van der Waals surface area contributed by atoms with E-state index in [1.165, 1.54) is 0 Å². The zero-order valence-electron chi connectivity index (χ0n) is 6.68. The summed E-state index contributed by atoms with van der Waals surface area (Å²) >= 11 is 5.79. The van der Waals surface area contributed by atoms with Crippen LogP contribution < -0.4 is 5.19 Å². The first-order chi connectivity index (χ1) is 5.83. The highest BCUT2D eigenvalue weighted by Crippen LogP contribution is 2.09. The minimum absolute atomic E-state index is 0.288. The number of halogens is 1. The number of benzene rings is 1. The van der Waals surface area contributed by atoms with Crippen LogP contribution in [0.25, 0.3) is 12.2 Å². The molecule has 0 spiro atoms. The molecule has 0 aromatic heterocycles. The van der Waals surface area contributed by atoms with E-state index in [4.69, 9.17) is 11.1 Å². The van der Waals surface area contributed by atoms with E-state index in [1.807, 2.05) is 30.4 Å². The van der Waals surface area contributed by atoms with E-state index in [0.29, 0.717) is 0 Å². The molecule has 12 heavy (non-hydrogen) atoms. The van der Waals surface area contributed by atoms with E-state index in [-0.39, 0.29) is 8.83 Å². The van der Waals surface area contributed by atoms with Crippen LogP contribution in [0.3, 0.4) is 0 Å². The van der Waals surface area contributed by atoms with Crippen LogP contribution >= 0.6 is 11.1 Å². The van der Waals surface area contributed by atoms with Gasteiger partial charge in [0.15, 0.2) is 0 Å². The lowest BCUT2D eigenvalue weighted by Gasteiger charge is -2.04. The van der Waals surface area contributed by atoms with Crippen molar-refractivity contribution in [1.29, 1.82) is 0 Å². The second kappa shape index (κ2) is 4.29. The summed E-state index contributed by atoms with van der Waals surface area (Å²) in [5.74, 6) is 0. The molecule has 1 aromatic carbocycles. The standard InChI is InChI=1S/C10H9ClSi/c1-3-8-6-5-7-10(12-11)9(8)4-2/h3-7H,1-2H2. The molecule has 0 saturated heterocycles. The Morgan fingerprint density at radius 1 is 1.25 bits per heavy atom. The summed E-state index contributed by atoms with van der Waals surface area (Å²) in [5.41, 5.74) is 2.19. The fourth-order valence-electron chi connectivity index (χ4n) is 1.07. The highest BCUT2D eigenvalue weighted by Gasteiger charge is 2.01. The van der Waals surface area contributed by atoms with Gasteiger partial charge < -0.3 is 0 Å². The molecule has 0 amide bonds. The Labute approximate surface area is 80.1 Å². The summed E-state index contributed by atoms with van der Waals surface area (Å²) in [6, 6.07) is 5.99. The molecule has 60 valence electrons. The third-order valence-electron chi connectivity index (χ3n) is 1.67. The minimum atomic E-state index is 0.288. The van der Waals surface area contributed by atoms with Crippen molar-refractivity contribution >= 4 is 37.2 Å². The Bertz CT molecular complexity index is 305. The fourth-order valence-corrected chi connectivity index (χ4v) is 2.07. The van der Waals surface area contributed by atoms with Gasteiger partial charge in [-0.2, -0.15) is 11.1 Å². The third-order valence-corrected chi connectivity index (χ3v) is 2.92. The molecule has 1 aromatic rings. The van der Waals surface area contributed by atoms with Crippen molar-refractivity contribution < 1.29 is 0 Å². The van der Waals surface area contributed by atoms with Gasteiger partial charge in [0, 0.05) is 0 Å². The molecule has 0 nitrogen and oxygen atoms in total. The maximum absolute atomic E-state index is 5.79. The van der Waals surface area contributed by atoms with Crippen LogP contribution in [0.1, 0.15) is 11.1 Å². The summed E-state index contributed by atoms with van der Waals surface area (Å²) in [6.07, 6.45) is 3.64. The van der Waals surface area contributed by atoms with Crippen molar-refractivity contribution in [2.75, 3.05) is 0 Å². The van der Waals surface area contributed by atoms with Gasteiger partial charge in [-0.25, -0.2) is 0 Å². The van der Waals surface area contributed by atoms with Gasteiger partial charge in [0.25, 0.3) is 0 Å². The zero-order valence-corrected chi connectivity index (χ0v) is 8.43. The third kappa shape index (κ3) is 1.68. The first-order valence-corrected chi connectivity index (χ1v) is 5.59. The lowest BCUT2D eigenvalue weighted by Crippen LogP contribution is -2.13. The second-order valence-electron chi connectivity index (χ2n) is 2.31. The summed E-state index contributed by atoms with van der Waals surface area (Å²) in [6.45, 7) is 7.47. The largest absolute Gasteiger partial charge is 0.211 e. The normalized spacial score (nSPS) is 9.42. The van der Waals surface area contributed by atoms with Crippen molar-refractivity contribution in [3.8, 4) is 0 Å². The second-order valence-corrected chi connectivity index (χ2v) is 3.61. The Morgan fingerprint density at radius 3 is 2.50 bits per heavy atom. The van der Waals surface area contributed by atoms with E-state index in [1.54, 1.807) is 0 Å². The van der Waals surface area contributed by atoms with Crippen LogP contribution in [-0.2, 0) is 0 Å². The highest BCUT2D eigenvalue weighted by molar-refractivity contribution is 7.01. The van der Waals surface area contributed by atoms with E-state index < -0.39 is 0 Å². The molecule has 0 unspecified atom stereocenters. The van der Waals surface area contributed by atoms with Gasteiger partial charge in [0.05, 0.1) is 0 Å². The average Bonchev–Trinajstić information content (AvgIpc) is 2.16. The van der Waals surface area contributed by atoms with Crippen LogP contribution in [-0.4, -0.2) is 8.83 Å².